The summed E-state index contributed by atoms with van der Waals surface area (Å²) >= 11 is 3.19. The number of nitrogens with zero attached hydrogens (tertiary/aromatic N) is 2. The summed E-state index contributed by atoms with van der Waals surface area (Å²) in [6, 6.07) is 10.2. The van der Waals surface area contributed by atoms with E-state index in [1.165, 1.54) is 21.8 Å². The minimum absolute atomic E-state index is 0.497. The summed E-state index contributed by atoms with van der Waals surface area (Å²) < 4.78 is 5.25. The van der Waals surface area contributed by atoms with Gasteiger partial charge in [0.05, 0.1) is 11.4 Å². The van der Waals surface area contributed by atoms with Gasteiger partial charge in [0.15, 0.2) is 5.82 Å². The Labute approximate surface area is 125 Å². The van der Waals surface area contributed by atoms with E-state index < -0.39 is 0 Å². The molecule has 0 saturated heterocycles. The highest BCUT2D eigenvalue weighted by molar-refractivity contribution is 7.98. The molecule has 0 radical (unpaired) electrons. The van der Waals surface area contributed by atoms with E-state index in [2.05, 4.69) is 41.3 Å². The third kappa shape index (κ3) is 2.86. The number of aryl methyl sites for hydroxylation is 1. The quantitative estimate of drug-likeness (QED) is 0.738. The topological polar surface area (TPSA) is 64.9 Å². The molecule has 0 atom stereocenters. The Balaban J connectivity index is 1.69. The molecule has 2 N–H and O–H groups in total. The summed E-state index contributed by atoms with van der Waals surface area (Å²) in [5.74, 6) is 1.85. The average molecular weight is 303 g/mol. The van der Waals surface area contributed by atoms with Crippen LogP contribution in [0, 0.1) is 6.92 Å². The molecule has 0 fully saturated rings. The van der Waals surface area contributed by atoms with Crippen LogP contribution in [-0.2, 0) is 5.75 Å². The molecule has 2 heterocycles. The maximum Gasteiger partial charge on any atom is 0.270 e. The number of hydrogen-bond acceptors (Lipinski definition) is 6. The minimum atomic E-state index is 0.497. The zero-order valence-corrected chi connectivity index (χ0v) is 12.5. The fourth-order valence-corrected chi connectivity index (χ4v) is 3.16. The molecule has 3 aromatic rings. The van der Waals surface area contributed by atoms with E-state index in [9.17, 15) is 0 Å². The number of rotatable bonds is 4. The summed E-state index contributed by atoms with van der Waals surface area (Å²) in [6.45, 7) is 2.07. The lowest BCUT2D eigenvalue weighted by Gasteiger charge is -1.98. The first-order valence-corrected chi connectivity index (χ1v) is 7.94. The number of aromatic nitrogens is 2. The van der Waals surface area contributed by atoms with Crippen molar-refractivity contribution in [1.82, 2.24) is 10.1 Å². The Kier molecular flexibility index (Phi) is 3.75. The fourth-order valence-electron chi connectivity index (χ4n) is 1.68. The van der Waals surface area contributed by atoms with E-state index in [1.54, 1.807) is 11.8 Å². The van der Waals surface area contributed by atoms with Crippen LogP contribution >= 0.6 is 23.1 Å². The summed E-state index contributed by atoms with van der Waals surface area (Å²) in [5, 5.41) is 5.90. The standard InChI is InChI=1S/C14H13N3OS2/c1-9-2-4-10(5-3-9)20-8-12-16-14(18-17-12)13-11(15)6-7-19-13/h2-7H,8,15H2,1H3. The van der Waals surface area contributed by atoms with Gasteiger partial charge in [-0.15, -0.1) is 23.1 Å². The first kappa shape index (κ1) is 13.2. The Bertz CT molecular complexity index is 703. The van der Waals surface area contributed by atoms with E-state index in [4.69, 9.17) is 10.3 Å². The molecule has 0 amide bonds. The molecule has 0 aliphatic carbocycles. The van der Waals surface area contributed by atoms with Gasteiger partial charge >= 0.3 is 0 Å². The van der Waals surface area contributed by atoms with Gasteiger partial charge in [0, 0.05) is 4.90 Å². The second-order valence-corrected chi connectivity index (χ2v) is 6.29. The maximum absolute atomic E-state index is 5.84. The summed E-state index contributed by atoms with van der Waals surface area (Å²) in [6.07, 6.45) is 0. The highest BCUT2D eigenvalue weighted by Gasteiger charge is 2.13. The van der Waals surface area contributed by atoms with Gasteiger partial charge in [-0.05, 0) is 30.5 Å². The van der Waals surface area contributed by atoms with Crippen LogP contribution in [0.15, 0.2) is 45.1 Å². The summed E-state index contributed by atoms with van der Waals surface area (Å²) in [5.41, 5.74) is 7.77. The third-order valence-electron chi connectivity index (χ3n) is 2.75. The van der Waals surface area contributed by atoms with Crippen molar-refractivity contribution in [2.24, 2.45) is 0 Å². The molecule has 20 heavy (non-hydrogen) atoms. The summed E-state index contributed by atoms with van der Waals surface area (Å²) in [7, 11) is 0. The van der Waals surface area contributed by atoms with Crippen molar-refractivity contribution in [3.8, 4) is 10.8 Å². The number of nitrogens with two attached hydrogens (primary N) is 1. The Morgan fingerprint density at radius 1 is 1.25 bits per heavy atom. The van der Waals surface area contributed by atoms with Crippen LogP contribution in [0.2, 0.25) is 0 Å². The van der Waals surface area contributed by atoms with Crippen molar-refractivity contribution in [1.29, 1.82) is 0 Å². The molecular weight excluding hydrogens is 290 g/mol. The van der Waals surface area contributed by atoms with Crippen LogP contribution in [0.3, 0.4) is 0 Å². The van der Waals surface area contributed by atoms with Crippen LogP contribution in [0.4, 0.5) is 5.69 Å². The van der Waals surface area contributed by atoms with Crippen molar-refractivity contribution < 1.29 is 4.52 Å². The average Bonchev–Trinajstić information content (AvgIpc) is 3.06. The number of nitrogen functional groups attached to an aromatic ring is 1. The lowest BCUT2D eigenvalue weighted by molar-refractivity contribution is 0.426. The molecule has 0 unspecified atom stereocenters. The molecule has 0 aliphatic heterocycles. The normalized spacial score (nSPS) is 10.8. The van der Waals surface area contributed by atoms with Crippen molar-refractivity contribution in [2.75, 3.05) is 5.73 Å². The van der Waals surface area contributed by atoms with E-state index in [0.29, 0.717) is 23.2 Å². The molecular formula is C14H13N3OS2. The van der Waals surface area contributed by atoms with Gasteiger partial charge in [-0.3, -0.25) is 0 Å². The number of anilines is 1. The number of thiophene rings is 1. The molecule has 4 nitrogen and oxygen atoms in total. The molecule has 0 aliphatic rings. The molecule has 0 saturated carbocycles. The Morgan fingerprint density at radius 2 is 2.05 bits per heavy atom. The van der Waals surface area contributed by atoms with Gasteiger partial charge in [0.2, 0.25) is 0 Å². The molecule has 102 valence electrons. The van der Waals surface area contributed by atoms with Crippen molar-refractivity contribution in [2.45, 2.75) is 17.6 Å². The largest absolute Gasteiger partial charge is 0.397 e. The van der Waals surface area contributed by atoms with E-state index >= 15 is 0 Å². The zero-order chi connectivity index (χ0) is 13.9. The highest BCUT2D eigenvalue weighted by Crippen LogP contribution is 2.30. The molecule has 0 bridgehead atoms. The van der Waals surface area contributed by atoms with Crippen LogP contribution in [0.1, 0.15) is 11.4 Å². The third-order valence-corrected chi connectivity index (χ3v) is 4.67. The predicted octanol–water partition coefficient (Wildman–Crippen LogP) is 3.98. The van der Waals surface area contributed by atoms with Gasteiger partial charge in [0.25, 0.3) is 5.89 Å². The SMILES string of the molecule is Cc1ccc(SCc2noc(-c3sccc3N)n2)cc1. The second kappa shape index (κ2) is 5.68. The van der Waals surface area contributed by atoms with Crippen molar-refractivity contribution in [3.63, 3.8) is 0 Å². The van der Waals surface area contributed by atoms with Gasteiger partial charge < -0.3 is 10.3 Å². The predicted molar refractivity (Wildman–Crippen MR) is 82.8 cm³/mol. The smallest absolute Gasteiger partial charge is 0.270 e. The lowest BCUT2D eigenvalue weighted by atomic mass is 10.2. The van der Waals surface area contributed by atoms with Gasteiger partial charge in [-0.1, -0.05) is 22.9 Å². The van der Waals surface area contributed by atoms with Gasteiger partial charge in [-0.25, -0.2) is 0 Å². The first-order chi connectivity index (χ1) is 9.72. The minimum Gasteiger partial charge on any atom is -0.397 e. The number of thioether (sulfide) groups is 1. The van der Waals surface area contributed by atoms with Crippen LogP contribution < -0.4 is 5.73 Å². The van der Waals surface area contributed by atoms with Crippen LogP contribution in [-0.4, -0.2) is 10.1 Å². The molecule has 0 spiro atoms. The van der Waals surface area contributed by atoms with Crippen molar-refractivity contribution in [3.05, 3.63) is 47.1 Å². The molecule has 1 aromatic carbocycles. The van der Waals surface area contributed by atoms with Gasteiger partial charge in [0.1, 0.15) is 4.88 Å². The monoisotopic (exact) mass is 303 g/mol. The fraction of sp³-hybridized carbons (Fsp3) is 0.143. The number of hydrogen-bond donors (Lipinski definition) is 1. The second-order valence-electron chi connectivity index (χ2n) is 4.32. The Hall–Kier alpha value is -1.79. The van der Waals surface area contributed by atoms with E-state index in [0.717, 1.165) is 4.88 Å². The maximum atomic E-state index is 5.84. The van der Waals surface area contributed by atoms with Crippen LogP contribution in [0.25, 0.3) is 10.8 Å². The van der Waals surface area contributed by atoms with Crippen molar-refractivity contribution >= 4 is 28.8 Å². The highest BCUT2D eigenvalue weighted by atomic mass is 32.2. The molecule has 6 heteroatoms. The molecule has 2 aromatic heterocycles. The van der Waals surface area contributed by atoms with E-state index in [-0.39, 0.29) is 0 Å². The molecule has 3 rings (SSSR count). The first-order valence-electron chi connectivity index (χ1n) is 6.08. The number of benzene rings is 1. The Morgan fingerprint density at radius 3 is 2.75 bits per heavy atom. The lowest BCUT2D eigenvalue weighted by Crippen LogP contribution is -1.86. The van der Waals surface area contributed by atoms with Crippen LogP contribution in [0.5, 0.6) is 0 Å². The summed E-state index contributed by atoms with van der Waals surface area (Å²) in [4.78, 5) is 6.41. The van der Waals surface area contributed by atoms with Gasteiger partial charge in [-0.2, -0.15) is 4.98 Å². The zero-order valence-electron chi connectivity index (χ0n) is 10.9. The van der Waals surface area contributed by atoms with E-state index in [1.807, 2.05) is 11.4 Å².